The molecule has 0 spiro atoms. The van der Waals surface area contributed by atoms with Gasteiger partial charge in [-0.05, 0) is 53.9 Å². The van der Waals surface area contributed by atoms with E-state index in [1.807, 2.05) is 9.44 Å². The maximum absolute atomic E-state index is 14.4. The summed E-state index contributed by atoms with van der Waals surface area (Å²) in [6, 6.07) is 12.9. The first kappa shape index (κ1) is 25.0. The molecule has 4 aromatic carbocycles. The van der Waals surface area contributed by atoms with Crippen LogP contribution in [-0.2, 0) is 20.0 Å². The van der Waals surface area contributed by atoms with Crippen LogP contribution in [0.4, 0.5) is 20.2 Å². The maximum atomic E-state index is 14.4. The summed E-state index contributed by atoms with van der Waals surface area (Å²) in [6.45, 7) is 0. The Labute approximate surface area is 209 Å². The van der Waals surface area contributed by atoms with Gasteiger partial charge in [0, 0.05) is 5.39 Å². The van der Waals surface area contributed by atoms with Crippen LogP contribution in [0.3, 0.4) is 0 Å². The van der Waals surface area contributed by atoms with Crippen molar-refractivity contribution in [2.75, 3.05) is 9.44 Å². The highest BCUT2D eigenvalue weighted by atomic mass is 35.5. The van der Waals surface area contributed by atoms with Gasteiger partial charge in [0.05, 0.1) is 31.2 Å². The number of fused-ring (bicyclic) bond motifs is 1. The Hall–Kier alpha value is -3.12. The molecule has 4 rings (SSSR count). The van der Waals surface area contributed by atoms with E-state index in [1.54, 1.807) is 0 Å². The van der Waals surface area contributed by atoms with Crippen molar-refractivity contribution in [1.29, 1.82) is 0 Å². The van der Waals surface area contributed by atoms with Crippen LogP contribution in [-0.4, -0.2) is 21.9 Å². The molecule has 4 aromatic rings. The van der Waals surface area contributed by atoms with Gasteiger partial charge < -0.3 is 5.11 Å². The highest BCUT2D eigenvalue weighted by Gasteiger charge is 2.25. The van der Waals surface area contributed by atoms with Gasteiger partial charge in [-0.25, -0.2) is 25.6 Å². The number of hydrogen-bond donors (Lipinski definition) is 3. The number of aromatic hydroxyl groups is 1. The van der Waals surface area contributed by atoms with Gasteiger partial charge >= 0.3 is 0 Å². The fourth-order valence-corrected chi connectivity index (χ4v) is 6.08. The van der Waals surface area contributed by atoms with Crippen LogP contribution in [0.2, 0.25) is 10.0 Å². The first-order valence-electron chi connectivity index (χ1n) is 9.59. The third kappa shape index (κ3) is 4.98. The topological polar surface area (TPSA) is 113 Å². The molecule has 0 unspecified atom stereocenters. The van der Waals surface area contributed by atoms with Crippen LogP contribution in [0.15, 0.2) is 76.5 Å². The van der Waals surface area contributed by atoms with E-state index < -0.39 is 52.8 Å². The normalized spacial score (nSPS) is 12.0. The van der Waals surface area contributed by atoms with Crippen LogP contribution in [0, 0.1) is 11.6 Å². The zero-order valence-electron chi connectivity index (χ0n) is 17.3. The quantitative estimate of drug-likeness (QED) is 0.279. The Kier molecular flexibility index (Phi) is 6.54. The first-order chi connectivity index (χ1) is 16.4. The summed E-state index contributed by atoms with van der Waals surface area (Å²) in [4.78, 5) is -1.13. The number of phenols is 1. The average molecular weight is 559 g/mol. The summed E-state index contributed by atoms with van der Waals surface area (Å²) >= 11 is 11.4. The molecule has 0 aliphatic rings. The molecule has 0 heterocycles. The third-order valence-corrected chi connectivity index (χ3v) is 8.20. The lowest BCUT2D eigenvalue weighted by Gasteiger charge is -2.15. The van der Waals surface area contributed by atoms with E-state index in [1.165, 1.54) is 36.4 Å². The molecule has 0 fully saturated rings. The molecule has 3 N–H and O–H groups in total. The van der Waals surface area contributed by atoms with Gasteiger partial charge in [0.25, 0.3) is 20.0 Å². The van der Waals surface area contributed by atoms with Gasteiger partial charge in [-0.3, -0.25) is 9.44 Å². The number of rotatable bonds is 6. The molecule has 0 saturated heterocycles. The number of benzene rings is 4. The summed E-state index contributed by atoms with van der Waals surface area (Å²) in [5.41, 5.74) is -0.926. The molecule has 0 aromatic heterocycles. The predicted molar refractivity (Wildman–Crippen MR) is 130 cm³/mol. The summed E-state index contributed by atoms with van der Waals surface area (Å²) < 4.78 is 85.3. The Morgan fingerprint density at radius 2 is 1.26 bits per heavy atom. The van der Waals surface area contributed by atoms with Gasteiger partial charge in [-0.2, -0.15) is 0 Å². The van der Waals surface area contributed by atoms with E-state index in [2.05, 4.69) is 0 Å². The number of hydrogen-bond acceptors (Lipinski definition) is 5. The van der Waals surface area contributed by atoms with Crippen molar-refractivity contribution < 1.29 is 30.7 Å². The van der Waals surface area contributed by atoms with Gasteiger partial charge in [-0.15, -0.1) is 0 Å². The largest absolute Gasteiger partial charge is 0.508 e. The second-order valence-corrected chi connectivity index (χ2v) is 11.4. The van der Waals surface area contributed by atoms with Crippen LogP contribution >= 0.6 is 23.2 Å². The lowest BCUT2D eigenvalue weighted by Crippen LogP contribution is -2.18. The van der Waals surface area contributed by atoms with Gasteiger partial charge in [0.2, 0.25) is 0 Å². The van der Waals surface area contributed by atoms with E-state index in [0.717, 1.165) is 30.3 Å². The van der Waals surface area contributed by atoms with Crippen molar-refractivity contribution in [3.63, 3.8) is 0 Å². The molecule has 0 atom stereocenters. The number of sulfonamides is 2. The Morgan fingerprint density at radius 3 is 1.83 bits per heavy atom. The molecular weight excluding hydrogens is 545 g/mol. The zero-order chi connectivity index (χ0) is 25.5. The number of halogens is 4. The average Bonchev–Trinajstić information content (AvgIpc) is 2.79. The van der Waals surface area contributed by atoms with E-state index >= 15 is 0 Å². The second-order valence-electron chi connectivity index (χ2n) is 7.24. The van der Waals surface area contributed by atoms with Gasteiger partial charge in [0.1, 0.15) is 5.75 Å². The molecular formula is C22H14Cl2F2N2O5S2. The molecule has 0 aliphatic carbocycles. The van der Waals surface area contributed by atoms with Crippen LogP contribution in [0.5, 0.6) is 5.75 Å². The summed E-state index contributed by atoms with van der Waals surface area (Å²) in [6.07, 6.45) is 0. The Balaban J connectivity index is 1.88. The zero-order valence-corrected chi connectivity index (χ0v) is 20.4. The van der Waals surface area contributed by atoms with Crippen molar-refractivity contribution >= 4 is 65.4 Å². The lowest BCUT2D eigenvalue weighted by molar-refractivity contribution is 0.476. The van der Waals surface area contributed by atoms with E-state index in [0.29, 0.717) is 0 Å². The van der Waals surface area contributed by atoms with Crippen molar-refractivity contribution in [2.45, 2.75) is 9.79 Å². The van der Waals surface area contributed by atoms with Crippen molar-refractivity contribution in [3.8, 4) is 5.75 Å². The van der Waals surface area contributed by atoms with Crippen molar-refractivity contribution in [3.05, 3.63) is 88.4 Å². The molecule has 0 saturated carbocycles. The van der Waals surface area contributed by atoms with Crippen LogP contribution in [0.1, 0.15) is 0 Å². The molecule has 182 valence electrons. The second kappa shape index (κ2) is 9.15. The van der Waals surface area contributed by atoms with E-state index in [4.69, 9.17) is 23.2 Å². The smallest absolute Gasteiger partial charge is 0.262 e. The van der Waals surface area contributed by atoms with E-state index in [-0.39, 0.29) is 26.6 Å². The van der Waals surface area contributed by atoms with Crippen LogP contribution in [0.25, 0.3) is 10.8 Å². The fourth-order valence-electron chi connectivity index (χ4n) is 3.23. The standard InChI is InChI=1S/C22H14Cl2F2N2O5S2/c23-16-3-1-5-18(21(16)25)27-34(30,31)14-9-12-7-8-13(29)10-15(12)20(11-14)35(32,33)28-19-6-2-4-17(24)22(19)26/h1-11,27-29H. The summed E-state index contributed by atoms with van der Waals surface area (Å²) in [7, 11) is -9.14. The van der Waals surface area contributed by atoms with Crippen molar-refractivity contribution in [1.82, 2.24) is 0 Å². The molecule has 7 nitrogen and oxygen atoms in total. The number of nitrogens with one attached hydrogen (secondary N) is 2. The minimum Gasteiger partial charge on any atom is -0.508 e. The minimum absolute atomic E-state index is 0.0483. The lowest BCUT2D eigenvalue weighted by atomic mass is 10.1. The fraction of sp³-hybridized carbons (Fsp3) is 0. The maximum Gasteiger partial charge on any atom is 0.262 e. The molecule has 0 amide bonds. The highest BCUT2D eigenvalue weighted by molar-refractivity contribution is 7.93. The number of phenolic OH excluding ortho intramolecular Hbond substituents is 1. The predicted octanol–water partition coefficient (Wildman–Crippen LogP) is 5.73. The highest BCUT2D eigenvalue weighted by Crippen LogP contribution is 2.33. The Bertz CT molecular complexity index is 1700. The minimum atomic E-state index is -4.61. The third-order valence-electron chi connectivity index (χ3n) is 4.87. The first-order valence-corrected chi connectivity index (χ1v) is 13.3. The number of anilines is 2. The molecule has 0 radical (unpaired) electrons. The molecule has 0 aliphatic heterocycles. The van der Waals surface area contributed by atoms with Crippen molar-refractivity contribution in [2.24, 2.45) is 0 Å². The molecule has 35 heavy (non-hydrogen) atoms. The van der Waals surface area contributed by atoms with E-state index in [9.17, 15) is 30.7 Å². The molecule has 0 bridgehead atoms. The van der Waals surface area contributed by atoms with Gasteiger partial charge in [-0.1, -0.05) is 41.4 Å². The summed E-state index contributed by atoms with van der Waals surface area (Å²) in [5.74, 6) is -2.35. The van der Waals surface area contributed by atoms with Crippen LogP contribution < -0.4 is 9.44 Å². The Morgan fingerprint density at radius 1 is 0.714 bits per heavy atom. The molecule has 13 heteroatoms. The SMILES string of the molecule is O=S(=O)(Nc1cccc(Cl)c1F)c1cc(S(=O)(=O)Nc2cccc(Cl)c2F)c2cc(O)ccc2c1. The van der Waals surface area contributed by atoms with Gasteiger partial charge in [0.15, 0.2) is 11.6 Å². The monoisotopic (exact) mass is 558 g/mol. The summed E-state index contributed by atoms with van der Waals surface area (Å²) in [5, 5.41) is 9.30.